The summed E-state index contributed by atoms with van der Waals surface area (Å²) in [5.74, 6) is -0.0581. The van der Waals surface area contributed by atoms with Gasteiger partial charge < -0.3 is 4.98 Å². The predicted octanol–water partition coefficient (Wildman–Crippen LogP) is 1.55. The van der Waals surface area contributed by atoms with Gasteiger partial charge in [-0.2, -0.15) is 0 Å². The van der Waals surface area contributed by atoms with Gasteiger partial charge in [-0.15, -0.1) is 0 Å². The zero-order chi connectivity index (χ0) is 13.4. The van der Waals surface area contributed by atoms with Crippen molar-refractivity contribution < 1.29 is 9.59 Å². The number of nitrogens with zero attached hydrogens (tertiary/aromatic N) is 3. The Hall–Kier alpha value is -2.50. The number of carbonyl (C=O) groups excluding carboxylic acids is 2. The molecular weight excluding hydrogens is 244 g/mol. The molecule has 0 saturated carbocycles. The number of hydrogen-bond acceptors (Lipinski definition) is 4. The first-order valence-corrected chi connectivity index (χ1v) is 6.06. The van der Waals surface area contributed by atoms with Crippen molar-refractivity contribution in [2.45, 2.75) is 19.4 Å². The first-order valence-electron chi connectivity index (χ1n) is 6.06. The van der Waals surface area contributed by atoms with Crippen LogP contribution in [0.2, 0.25) is 0 Å². The molecule has 6 heteroatoms. The summed E-state index contributed by atoms with van der Waals surface area (Å²) >= 11 is 0. The average Bonchev–Trinajstić information content (AvgIpc) is 3.04. The first-order chi connectivity index (χ1) is 9.24. The van der Waals surface area contributed by atoms with E-state index in [0.29, 0.717) is 17.8 Å². The lowest BCUT2D eigenvalue weighted by atomic mass is 10.2. The van der Waals surface area contributed by atoms with Gasteiger partial charge in [-0.05, 0) is 18.6 Å². The monoisotopic (exact) mass is 256 g/mol. The lowest BCUT2D eigenvalue weighted by molar-refractivity contribution is 0.0569. The van der Waals surface area contributed by atoms with Gasteiger partial charge in [0.2, 0.25) is 0 Å². The van der Waals surface area contributed by atoms with Gasteiger partial charge >= 0.3 is 0 Å². The molecule has 1 unspecified atom stereocenters. The van der Waals surface area contributed by atoms with E-state index in [-0.39, 0.29) is 23.6 Å². The van der Waals surface area contributed by atoms with Crippen LogP contribution in [0.3, 0.4) is 0 Å². The second-order valence-corrected chi connectivity index (χ2v) is 4.28. The van der Waals surface area contributed by atoms with Crippen LogP contribution in [0.4, 0.5) is 0 Å². The molecule has 0 radical (unpaired) electrons. The Balaban J connectivity index is 2.04. The molecule has 0 fully saturated rings. The number of aromatic amines is 1. The Morgan fingerprint density at radius 3 is 2.74 bits per heavy atom. The molecule has 96 valence electrons. The standard InChI is InChI=1S/C13H12N4O2/c1-2-9(11-15-6-7-16-11)17-12(18)8-4-3-5-14-10(8)13(17)19/h3-7,9H,2H2,1H3,(H,15,16). The molecule has 2 aromatic rings. The molecule has 0 aliphatic carbocycles. The van der Waals surface area contributed by atoms with E-state index in [1.807, 2.05) is 6.92 Å². The van der Waals surface area contributed by atoms with Crippen molar-refractivity contribution in [3.8, 4) is 0 Å². The lowest BCUT2D eigenvalue weighted by Crippen LogP contribution is -2.34. The quantitative estimate of drug-likeness (QED) is 0.845. The lowest BCUT2D eigenvalue weighted by Gasteiger charge is -2.22. The summed E-state index contributed by atoms with van der Waals surface area (Å²) in [6, 6.07) is 2.89. The van der Waals surface area contributed by atoms with E-state index >= 15 is 0 Å². The molecule has 2 amide bonds. The highest BCUT2D eigenvalue weighted by atomic mass is 16.2. The third kappa shape index (κ3) is 1.64. The fourth-order valence-corrected chi connectivity index (χ4v) is 2.33. The smallest absolute Gasteiger partial charge is 0.280 e. The fraction of sp³-hybridized carbons (Fsp3) is 0.231. The van der Waals surface area contributed by atoms with Gasteiger partial charge in [0, 0.05) is 18.6 Å². The zero-order valence-electron chi connectivity index (χ0n) is 10.3. The minimum Gasteiger partial charge on any atom is -0.347 e. The van der Waals surface area contributed by atoms with E-state index in [0.717, 1.165) is 0 Å². The topological polar surface area (TPSA) is 79.0 Å². The molecule has 1 atom stereocenters. The average molecular weight is 256 g/mol. The number of rotatable bonds is 3. The normalized spacial score (nSPS) is 15.7. The highest BCUT2D eigenvalue weighted by Gasteiger charge is 2.41. The molecule has 6 nitrogen and oxygen atoms in total. The van der Waals surface area contributed by atoms with E-state index in [2.05, 4.69) is 15.0 Å². The number of hydrogen-bond donors (Lipinski definition) is 1. The molecule has 0 spiro atoms. The number of aromatic nitrogens is 3. The molecule has 19 heavy (non-hydrogen) atoms. The molecule has 0 aromatic carbocycles. The number of nitrogens with one attached hydrogen (secondary N) is 1. The van der Waals surface area contributed by atoms with Gasteiger partial charge in [-0.25, -0.2) is 4.98 Å². The van der Waals surface area contributed by atoms with E-state index in [4.69, 9.17) is 0 Å². The number of fused-ring (bicyclic) bond motifs is 1. The van der Waals surface area contributed by atoms with Crippen LogP contribution >= 0.6 is 0 Å². The van der Waals surface area contributed by atoms with Crippen molar-refractivity contribution >= 4 is 11.8 Å². The minimum atomic E-state index is -0.385. The Morgan fingerprint density at radius 1 is 1.26 bits per heavy atom. The summed E-state index contributed by atoms with van der Waals surface area (Å²) in [5.41, 5.74) is 0.579. The summed E-state index contributed by atoms with van der Waals surface area (Å²) in [6.07, 6.45) is 5.39. The van der Waals surface area contributed by atoms with Crippen LogP contribution in [0.25, 0.3) is 0 Å². The van der Waals surface area contributed by atoms with Crippen LogP contribution in [0.5, 0.6) is 0 Å². The van der Waals surface area contributed by atoms with Gasteiger partial charge in [-0.3, -0.25) is 19.5 Å². The van der Waals surface area contributed by atoms with Gasteiger partial charge in [-0.1, -0.05) is 6.92 Å². The maximum atomic E-state index is 12.3. The number of carbonyl (C=O) groups is 2. The summed E-state index contributed by atoms with van der Waals surface area (Å²) < 4.78 is 0. The molecule has 3 heterocycles. The van der Waals surface area contributed by atoms with Crippen molar-refractivity contribution in [2.75, 3.05) is 0 Å². The molecule has 3 rings (SSSR count). The molecule has 2 aromatic heterocycles. The van der Waals surface area contributed by atoms with Crippen LogP contribution in [-0.4, -0.2) is 31.7 Å². The van der Waals surface area contributed by atoms with Crippen LogP contribution < -0.4 is 0 Å². The highest BCUT2D eigenvalue weighted by Crippen LogP contribution is 2.30. The second kappa shape index (κ2) is 4.31. The first kappa shape index (κ1) is 11.6. The van der Waals surface area contributed by atoms with Crippen LogP contribution in [0.15, 0.2) is 30.7 Å². The number of amides is 2. The van der Waals surface area contributed by atoms with Gasteiger partial charge in [0.05, 0.1) is 11.6 Å². The summed E-state index contributed by atoms with van der Waals surface area (Å²) in [7, 11) is 0. The molecule has 1 N–H and O–H groups in total. The maximum absolute atomic E-state index is 12.3. The van der Waals surface area contributed by atoms with Crippen molar-refractivity contribution in [1.29, 1.82) is 0 Å². The Kier molecular flexibility index (Phi) is 2.63. The van der Waals surface area contributed by atoms with Crippen LogP contribution in [0.1, 0.15) is 46.1 Å². The highest BCUT2D eigenvalue weighted by molar-refractivity contribution is 6.20. The Labute approximate surface area is 109 Å². The van der Waals surface area contributed by atoms with Gasteiger partial charge in [0.25, 0.3) is 11.8 Å². The number of imide groups is 1. The SMILES string of the molecule is CCC(c1ncc[nH]1)N1C(=O)c2cccnc2C1=O. The molecular formula is C13H12N4O2. The van der Waals surface area contributed by atoms with Crippen molar-refractivity contribution in [3.05, 3.63) is 47.8 Å². The minimum absolute atomic E-state index is 0.220. The molecule has 1 aliphatic rings. The van der Waals surface area contributed by atoms with Crippen molar-refractivity contribution in [2.24, 2.45) is 0 Å². The molecule has 0 bridgehead atoms. The fourth-order valence-electron chi connectivity index (χ4n) is 2.33. The molecule has 0 saturated heterocycles. The summed E-state index contributed by atoms with van der Waals surface area (Å²) in [5, 5.41) is 0. The van der Waals surface area contributed by atoms with Crippen molar-refractivity contribution in [3.63, 3.8) is 0 Å². The van der Waals surface area contributed by atoms with Crippen LogP contribution in [0, 0.1) is 0 Å². The number of pyridine rings is 1. The molecule has 1 aliphatic heterocycles. The van der Waals surface area contributed by atoms with E-state index in [1.165, 1.54) is 11.1 Å². The second-order valence-electron chi connectivity index (χ2n) is 4.28. The van der Waals surface area contributed by atoms with Gasteiger partial charge in [0.15, 0.2) is 0 Å². The van der Waals surface area contributed by atoms with Crippen molar-refractivity contribution in [1.82, 2.24) is 19.9 Å². The maximum Gasteiger partial charge on any atom is 0.280 e. The number of H-pyrrole nitrogens is 1. The predicted molar refractivity (Wildman–Crippen MR) is 66.4 cm³/mol. The Morgan fingerprint density at radius 2 is 2.11 bits per heavy atom. The van der Waals surface area contributed by atoms with E-state index < -0.39 is 0 Å². The summed E-state index contributed by atoms with van der Waals surface area (Å²) in [6.45, 7) is 1.91. The van der Waals surface area contributed by atoms with Crippen LogP contribution in [-0.2, 0) is 0 Å². The zero-order valence-corrected chi connectivity index (χ0v) is 10.3. The third-order valence-corrected chi connectivity index (χ3v) is 3.21. The largest absolute Gasteiger partial charge is 0.347 e. The summed E-state index contributed by atoms with van der Waals surface area (Å²) in [4.78, 5) is 37.0. The van der Waals surface area contributed by atoms with E-state index in [9.17, 15) is 9.59 Å². The number of imidazole rings is 1. The van der Waals surface area contributed by atoms with Gasteiger partial charge in [0.1, 0.15) is 11.5 Å². The van der Waals surface area contributed by atoms with E-state index in [1.54, 1.807) is 24.5 Å². The Bertz CT molecular complexity index is 601. The third-order valence-electron chi connectivity index (χ3n) is 3.21.